The number of nitrogens with two attached hydrogens (primary N) is 1. The molecule has 0 heterocycles. The molecule has 2 N–H and O–H groups in total. The summed E-state index contributed by atoms with van der Waals surface area (Å²) in [6, 6.07) is 0. The standard InChI is InChI=1S/C8H18BNO3/c9-1-3-11-5-7-13-8-6-12-4-2-10/h1-8,10H2. The van der Waals surface area contributed by atoms with Crippen LogP contribution in [-0.2, 0) is 14.2 Å². The van der Waals surface area contributed by atoms with Gasteiger partial charge >= 0.3 is 0 Å². The molecule has 0 aromatic carbocycles. The molecule has 0 saturated carbocycles. The lowest BCUT2D eigenvalue weighted by Crippen LogP contribution is -2.13. The fourth-order valence-corrected chi connectivity index (χ4v) is 0.709. The molecule has 76 valence electrons. The van der Waals surface area contributed by atoms with Crippen LogP contribution in [0.25, 0.3) is 0 Å². The van der Waals surface area contributed by atoms with E-state index in [0.717, 1.165) is 0 Å². The fraction of sp³-hybridized carbons (Fsp3) is 1.00. The number of ether oxygens (including phenoxy) is 3. The highest BCUT2D eigenvalue weighted by Crippen LogP contribution is 1.81. The molecular weight excluding hydrogens is 169 g/mol. The molecule has 0 saturated heterocycles. The zero-order chi connectivity index (χ0) is 9.78. The Bertz CT molecular complexity index is 85.5. The van der Waals surface area contributed by atoms with Crippen LogP contribution in [0.4, 0.5) is 0 Å². The van der Waals surface area contributed by atoms with E-state index in [1.807, 2.05) is 0 Å². The molecule has 0 bridgehead atoms. The second-order valence-electron chi connectivity index (χ2n) is 2.41. The second kappa shape index (κ2) is 11.9. The molecule has 0 unspecified atom stereocenters. The molecule has 4 nitrogen and oxygen atoms in total. The molecule has 0 spiro atoms. The van der Waals surface area contributed by atoms with Gasteiger partial charge < -0.3 is 19.9 Å². The van der Waals surface area contributed by atoms with Gasteiger partial charge in [0.2, 0.25) is 0 Å². The van der Waals surface area contributed by atoms with Crippen molar-refractivity contribution < 1.29 is 14.2 Å². The molecule has 2 radical (unpaired) electrons. The Morgan fingerprint density at radius 2 is 1.23 bits per heavy atom. The van der Waals surface area contributed by atoms with Crippen molar-refractivity contribution in [1.82, 2.24) is 0 Å². The lowest BCUT2D eigenvalue weighted by Gasteiger charge is -2.05. The van der Waals surface area contributed by atoms with Gasteiger partial charge in [-0.2, -0.15) is 0 Å². The molecule has 0 fully saturated rings. The first-order chi connectivity index (χ1) is 6.41. The van der Waals surface area contributed by atoms with Crippen molar-refractivity contribution in [3.05, 3.63) is 0 Å². The smallest absolute Gasteiger partial charge is 0.0701 e. The maximum absolute atomic E-state index is 5.23. The lowest BCUT2D eigenvalue weighted by atomic mass is 10.1. The highest BCUT2D eigenvalue weighted by Gasteiger charge is 1.89. The van der Waals surface area contributed by atoms with Crippen LogP contribution >= 0.6 is 0 Å². The van der Waals surface area contributed by atoms with E-state index in [1.165, 1.54) is 0 Å². The number of hydrogen-bond acceptors (Lipinski definition) is 4. The summed E-state index contributed by atoms with van der Waals surface area (Å²) < 4.78 is 15.4. The van der Waals surface area contributed by atoms with Crippen LogP contribution in [0, 0.1) is 0 Å². The monoisotopic (exact) mass is 187 g/mol. The minimum Gasteiger partial charge on any atom is -0.380 e. The van der Waals surface area contributed by atoms with Crippen molar-refractivity contribution in [2.75, 3.05) is 46.2 Å². The Hall–Kier alpha value is -0.0951. The molecule has 0 aliphatic rings. The average Bonchev–Trinajstić information content (AvgIpc) is 2.16. The van der Waals surface area contributed by atoms with Gasteiger partial charge in [0, 0.05) is 13.2 Å². The van der Waals surface area contributed by atoms with Crippen LogP contribution in [0.3, 0.4) is 0 Å². The Morgan fingerprint density at radius 3 is 1.69 bits per heavy atom. The van der Waals surface area contributed by atoms with Gasteiger partial charge in [-0.25, -0.2) is 0 Å². The molecule has 0 aliphatic heterocycles. The van der Waals surface area contributed by atoms with Crippen molar-refractivity contribution in [2.45, 2.75) is 6.32 Å². The summed E-state index contributed by atoms with van der Waals surface area (Å²) in [5.74, 6) is 0. The van der Waals surface area contributed by atoms with Gasteiger partial charge in [0.1, 0.15) is 0 Å². The Labute approximate surface area is 81.1 Å². The SMILES string of the molecule is [B]CCOCCOCCOCCN. The molecule has 0 aliphatic carbocycles. The fourth-order valence-electron chi connectivity index (χ4n) is 0.709. The van der Waals surface area contributed by atoms with Gasteiger partial charge in [0.25, 0.3) is 0 Å². The van der Waals surface area contributed by atoms with Crippen molar-refractivity contribution in [2.24, 2.45) is 5.73 Å². The first-order valence-corrected chi connectivity index (χ1v) is 4.55. The van der Waals surface area contributed by atoms with E-state index in [4.69, 9.17) is 27.8 Å². The van der Waals surface area contributed by atoms with Crippen LogP contribution in [0.2, 0.25) is 6.32 Å². The lowest BCUT2D eigenvalue weighted by molar-refractivity contribution is 0.0185. The summed E-state index contributed by atoms with van der Waals surface area (Å²) in [7, 11) is 5.23. The second-order valence-corrected chi connectivity index (χ2v) is 2.41. The van der Waals surface area contributed by atoms with Crippen molar-refractivity contribution in [3.63, 3.8) is 0 Å². The first-order valence-electron chi connectivity index (χ1n) is 4.55. The van der Waals surface area contributed by atoms with E-state index in [1.54, 1.807) is 0 Å². The Balaban J connectivity index is 2.76. The van der Waals surface area contributed by atoms with Gasteiger partial charge in [0.05, 0.1) is 40.9 Å². The quantitative estimate of drug-likeness (QED) is 0.373. The number of rotatable bonds is 10. The van der Waals surface area contributed by atoms with Gasteiger partial charge in [0.15, 0.2) is 0 Å². The van der Waals surface area contributed by atoms with E-state index in [9.17, 15) is 0 Å². The van der Waals surface area contributed by atoms with Gasteiger partial charge in [-0.15, -0.1) is 0 Å². The van der Waals surface area contributed by atoms with Gasteiger partial charge in [-0.1, -0.05) is 6.32 Å². The normalized spacial score (nSPS) is 10.5. The average molecular weight is 187 g/mol. The van der Waals surface area contributed by atoms with Crippen LogP contribution in [0.1, 0.15) is 0 Å². The third-order valence-corrected chi connectivity index (χ3v) is 1.27. The highest BCUT2D eigenvalue weighted by molar-refractivity contribution is 6.08. The maximum Gasteiger partial charge on any atom is 0.0701 e. The summed E-state index contributed by atoms with van der Waals surface area (Å²) in [6.07, 6.45) is 0.555. The first kappa shape index (κ1) is 12.9. The molecular formula is C8H18BNO3. The molecule has 13 heavy (non-hydrogen) atoms. The predicted octanol–water partition coefficient (Wildman–Crippen LogP) is -0.418. The summed E-state index contributed by atoms with van der Waals surface area (Å²) >= 11 is 0. The van der Waals surface area contributed by atoms with E-state index in [0.29, 0.717) is 52.5 Å². The van der Waals surface area contributed by atoms with E-state index >= 15 is 0 Å². The largest absolute Gasteiger partial charge is 0.380 e. The highest BCUT2D eigenvalue weighted by atomic mass is 16.5. The van der Waals surface area contributed by atoms with Crippen LogP contribution in [0.5, 0.6) is 0 Å². The van der Waals surface area contributed by atoms with Crippen LogP contribution in [0.15, 0.2) is 0 Å². The third kappa shape index (κ3) is 11.9. The summed E-state index contributed by atoms with van der Waals surface area (Å²) in [5.41, 5.74) is 5.23. The molecule has 0 atom stereocenters. The summed E-state index contributed by atoms with van der Waals surface area (Å²) in [6.45, 7) is 4.10. The summed E-state index contributed by atoms with van der Waals surface area (Å²) in [5, 5.41) is 0. The summed E-state index contributed by atoms with van der Waals surface area (Å²) in [4.78, 5) is 0. The molecule has 0 aromatic heterocycles. The number of hydrogen-bond donors (Lipinski definition) is 1. The topological polar surface area (TPSA) is 53.7 Å². The van der Waals surface area contributed by atoms with Gasteiger partial charge in [-0.05, 0) is 0 Å². The maximum atomic E-state index is 5.23. The molecule has 0 aromatic rings. The third-order valence-electron chi connectivity index (χ3n) is 1.27. The van der Waals surface area contributed by atoms with E-state index < -0.39 is 0 Å². The Kier molecular flexibility index (Phi) is 11.8. The van der Waals surface area contributed by atoms with Gasteiger partial charge in [-0.3, -0.25) is 0 Å². The minimum atomic E-state index is 0.555. The molecule has 5 heteroatoms. The van der Waals surface area contributed by atoms with Crippen molar-refractivity contribution in [1.29, 1.82) is 0 Å². The molecule has 0 amide bonds. The zero-order valence-electron chi connectivity index (χ0n) is 8.04. The van der Waals surface area contributed by atoms with E-state index in [2.05, 4.69) is 0 Å². The zero-order valence-corrected chi connectivity index (χ0v) is 8.04. The molecule has 0 rings (SSSR count). The van der Waals surface area contributed by atoms with Crippen molar-refractivity contribution in [3.8, 4) is 0 Å². The minimum absolute atomic E-state index is 0.555. The Morgan fingerprint density at radius 1 is 0.769 bits per heavy atom. The van der Waals surface area contributed by atoms with Crippen molar-refractivity contribution >= 4 is 7.85 Å². The van der Waals surface area contributed by atoms with Crippen LogP contribution in [-0.4, -0.2) is 54.0 Å². The van der Waals surface area contributed by atoms with Crippen LogP contribution < -0.4 is 5.73 Å². The predicted molar refractivity (Wildman–Crippen MR) is 52.1 cm³/mol. The van der Waals surface area contributed by atoms with E-state index in [-0.39, 0.29) is 0 Å².